The summed E-state index contributed by atoms with van der Waals surface area (Å²) in [7, 11) is 0. The Morgan fingerprint density at radius 3 is 2.39 bits per heavy atom. The van der Waals surface area contributed by atoms with Crippen LogP contribution in [0.3, 0.4) is 0 Å². The lowest BCUT2D eigenvalue weighted by atomic mass is 9.78. The normalized spacial score (nSPS) is 16.2. The average molecular weight is 313 g/mol. The Kier molecular flexibility index (Phi) is 4.19. The van der Waals surface area contributed by atoms with Gasteiger partial charge in [0.1, 0.15) is 5.76 Å². The molecule has 23 heavy (non-hydrogen) atoms. The molecule has 1 aromatic heterocycles. The maximum atomic E-state index is 12.8. The average Bonchev–Trinajstić information content (AvgIpc) is 3.23. The van der Waals surface area contributed by atoms with E-state index >= 15 is 0 Å². The summed E-state index contributed by atoms with van der Waals surface area (Å²) in [6.07, 6.45) is 3.74. The van der Waals surface area contributed by atoms with Crippen LogP contribution in [0, 0.1) is 0 Å². The molecule has 2 aromatic rings. The number of benzene rings is 1. The minimum atomic E-state index is -1.11. The molecule has 0 radical (unpaired) electrons. The first-order valence-electron chi connectivity index (χ1n) is 7.78. The van der Waals surface area contributed by atoms with Crippen molar-refractivity contribution in [2.75, 3.05) is 0 Å². The summed E-state index contributed by atoms with van der Waals surface area (Å²) in [5.41, 5.74) is 0.560. The van der Waals surface area contributed by atoms with Gasteiger partial charge in [-0.3, -0.25) is 4.79 Å². The third-order valence-electron chi connectivity index (χ3n) is 4.51. The molecule has 0 atom stereocenters. The van der Waals surface area contributed by atoms with Gasteiger partial charge in [0, 0.05) is 0 Å². The first-order valence-corrected chi connectivity index (χ1v) is 7.78. The molecular formula is C18H19NO4. The summed E-state index contributed by atoms with van der Waals surface area (Å²) in [6.45, 7) is 0.195. The number of aromatic carboxylic acids is 1. The van der Waals surface area contributed by atoms with Crippen molar-refractivity contribution in [1.82, 2.24) is 5.32 Å². The number of carbonyl (C=O) groups excluding carboxylic acids is 1. The highest BCUT2D eigenvalue weighted by Crippen LogP contribution is 2.41. The molecule has 5 heteroatoms. The van der Waals surface area contributed by atoms with Crippen LogP contribution in [-0.2, 0) is 16.8 Å². The standard InChI is InChI=1S/C18H19NO4/c20-16(21)15-9-8-14(23-15)12-19-17(22)18(10-4-5-11-18)13-6-2-1-3-7-13/h1-3,6-9H,4-5,10-12H2,(H,19,22)(H,20,21). The van der Waals surface area contributed by atoms with Crippen molar-refractivity contribution in [2.45, 2.75) is 37.6 Å². The molecule has 3 rings (SSSR count). The van der Waals surface area contributed by atoms with Crippen LogP contribution in [0.2, 0.25) is 0 Å². The van der Waals surface area contributed by atoms with Crippen LogP contribution in [0.1, 0.15) is 47.6 Å². The number of hydrogen-bond acceptors (Lipinski definition) is 3. The van der Waals surface area contributed by atoms with E-state index in [1.807, 2.05) is 30.3 Å². The number of nitrogens with one attached hydrogen (secondary N) is 1. The molecular weight excluding hydrogens is 294 g/mol. The smallest absolute Gasteiger partial charge is 0.371 e. The molecule has 1 amide bonds. The van der Waals surface area contributed by atoms with Crippen LogP contribution in [0.15, 0.2) is 46.9 Å². The van der Waals surface area contributed by atoms with Gasteiger partial charge in [-0.25, -0.2) is 4.79 Å². The fourth-order valence-electron chi connectivity index (χ4n) is 3.31. The Bertz CT molecular complexity index is 699. The minimum absolute atomic E-state index is 0.0190. The lowest BCUT2D eigenvalue weighted by Crippen LogP contribution is -2.42. The first-order chi connectivity index (χ1) is 11.1. The molecule has 1 aliphatic carbocycles. The molecule has 120 valence electrons. The van der Waals surface area contributed by atoms with Gasteiger partial charge >= 0.3 is 5.97 Å². The van der Waals surface area contributed by atoms with Crippen LogP contribution in [0.5, 0.6) is 0 Å². The molecule has 1 aliphatic rings. The third-order valence-corrected chi connectivity index (χ3v) is 4.51. The highest BCUT2D eigenvalue weighted by Gasteiger charge is 2.42. The number of hydrogen-bond donors (Lipinski definition) is 2. The molecule has 1 saturated carbocycles. The van der Waals surface area contributed by atoms with Gasteiger partial charge in [0.15, 0.2) is 0 Å². The largest absolute Gasteiger partial charge is 0.475 e. The SMILES string of the molecule is O=C(O)c1ccc(CNC(=O)C2(c3ccccc3)CCCC2)o1. The molecule has 1 fully saturated rings. The molecule has 2 N–H and O–H groups in total. The zero-order valence-electron chi connectivity index (χ0n) is 12.7. The first kappa shape index (κ1) is 15.3. The number of carbonyl (C=O) groups is 2. The van der Waals surface area contributed by atoms with E-state index in [1.54, 1.807) is 6.07 Å². The monoisotopic (exact) mass is 313 g/mol. The third kappa shape index (κ3) is 2.99. The highest BCUT2D eigenvalue weighted by atomic mass is 16.4. The number of carboxylic acid groups (broad SMARTS) is 1. The van der Waals surface area contributed by atoms with Crippen molar-refractivity contribution in [3.8, 4) is 0 Å². The van der Waals surface area contributed by atoms with E-state index < -0.39 is 11.4 Å². The Hall–Kier alpha value is -2.56. The van der Waals surface area contributed by atoms with Gasteiger partial charge in [-0.15, -0.1) is 0 Å². The molecule has 0 spiro atoms. The zero-order valence-corrected chi connectivity index (χ0v) is 12.7. The van der Waals surface area contributed by atoms with E-state index in [4.69, 9.17) is 9.52 Å². The summed E-state index contributed by atoms with van der Waals surface area (Å²) in [6, 6.07) is 12.8. The molecule has 5 nitrogen and oxygen atoms in total. The van der Waals surface area contributed by atoms with E-state index in [0.29, 0.717) is 5.76 Å². The van der Waals surface area contributed by atoms with Crippen LogP contribution in [0.4, 0.5) is 0 Å². The summed E-state index contributed by atoms with van der Waals surface area (Å²) < 4.78 is 5.18. The summed E-state index contributed by atoms with van der Waals surface area (Å²) in [5.74, 6) is -0.807. The maximum absolute atomic E-state index is 12.8. The molecule has 0 saturated heterocycles. The van der Waals surface area contributed by atoms with Crippen molar-refractivity contribution in [3.05, 3.63) is 59.5 Å². The molecule has 0 bridgehead atoms. The van der Waals surface area contributed by atoms with Gasteiger partial charge in [0.05, 0.1) is 12.0 Å². The summed E-state index contributed by atoms with van der Waals surface area (Å²) in [4.78, 5) is 23.6. The van der Waals surface area contributed by atoms with Gasteiger partial charge in [-0.2, -0.15) is 0 Å². The van der Waals surface area contributed by atoms with Gasteiger partial charge in [0.25, 0.3) is 0 Å². The topological polar surface area (TPSA) is 79.5 Å². The zero-order chi connectivity index (χ0) is 16.3. The van der Waals surface area contributed by atoms with Gasteiger partial charge in [-0.1, -0.05) is 43.2 Å². The van der Waals surface area contributed by atoms with E-state index in [2.05, 4.69) is 5.32 Å². The van der Waals surface area contributed by atoms with Gasteiger partial charge in [0.2, 0.25) is 11.7 Å². The van der Waals surface area contributed by atoms with Crippen LogP contribution < -0.4 is 5.32 Å². The van der Waals surface area contributed by atoms with Crippen LogP contribution >= 0.6 is 0 Å². The van der Waals surface area contributed by atoms with Crippen molar-refractivity contribution in [3.63, 3.8) is 0 Å². The second-order valence-electron chi connectivity index (χ2n) is 5.91. The highest BCUT2D eigenvalue weighted by molar-refractivity contribution is 5.88. The number of rotatable bonds is 5. The van der Waals surface area contributed by atoms with Gasteiger partial charge < -0.3 is 14.8 Å². The summed E-state index contributed by atoms with van der Waals surface area (Å²) >= 11 is 0. The van der Waals surface area contributed by atoms with Crippen molar-refractivity contribution in [2.24, 2.45) is 0 Å². The molecule has 0 aliphatic heterocycles. The lowest BCUT2D eigenvalue weighted by Gasteiger charge is -2.28. The maximum Gasteiger partial charge on any atom is 0.371 e. The van der Waals surface area contributed by atoms with E-state index in [1.165, 1.54) is 6.07 Å². The second kappa shape index (κ2) is 6.28. The van der Waals surface area contributed by atoms with Gasteiger partial charge in [-0.05, 0) is 30.5 Å². The van der Waals surface area contributed by atoms with E-state index in [9.17, 15) is 9.59 Å². The Morgan fingerprint density at radius 2 is 1.78 bits per heavy atom. The predicted molar refractivity (Wildman–Crippen MR) is 84.1 cm³/mol. The van der Waals surface area contributed by atoms with Crippen LogP contribution in [0.25, 0.3) is 0 Å². The Labute approximate surface area is 134 Å². The predicted octanol–water partition coefficient (Wildman–Crippen LogP) is 3.11. The second-order valence-corrected chi connectivity index (χ2v) is 5.91. The minimum Gasteiger partial charge on any atom is -0.475 e. The summed E-state index contributed by atoms with van der Waals surface area (Å²) in [5, 5.41) is 11.8. The van der Waals surface area contributed by atoms with Crippen molar-refractivity contribution < 1.29 is 19.1 Å². The lowest BCUT2D eigenvalue weighted by molar-refractivity contribution is -0.126. The number of amides is 1. The number of furan rings is 1. The molecule has 1 aromatic carbocycles. The van der Waals surface area contributed by atoms with Crippen molar-refractivity contribution in [1.29, 1.82) is 0 Å². The molecule has 0 unspecified atom stereocenters. The fourth-order valence-corrected chi connectivity index (χ4v) is 3.31. The quantitative estimate of drug-likeness (QED) is 0.889. The fraction of sp³-hybridized carbons (Fsp3) is 0.333. The van der Waals surface area contributed by atoms with Crippen molar-refractivity contribution >= 4 is 11.9 Å². The molecule has 1 heterocycles. The number of carboxylic acids is 1. The van der Waals surface area contributed by atoms with E-state index in [-0.39, 0.29) is 18.2 Å². The van der Waals surface area contributed by atoms with Crippen LogP contribution in [-0.4, -0.2) is 17.0 Å². The Morgan fingerprint density at radius 1 is 1.09 bits per heavy atom. The Balaban J connectivity index is 1.73. The van der Waals surface area contributed by atoms with E-state index in [0.717, 1.165) is 31.2 Å².